The summed E-state index contributed by atoms with van der Waals surface area (Å²) in [5.74, 6) is -6.21. The van der Waals surface area contributed by atoms with Crippen LogP contribution in [0.3, 0.4) is 0 Å². The van der Waals surface area contributed by atoms with Gasteiger partial charge in [0.25, 0.3) is 11.8 Å². The van der Waals surface area contributed by atoms with Crippen LogP contribution in [0.5, 0.6) is 5.88 Å². The molecule has 0 radical (unpaired) electrons. The Morgan fingerprint density at radius 1 is 1.07 bits per heavy atom. The largest absolute Gasteiger partial charge is 0.466 e. The Morgan fingerprint density at radius 3 is 2.37 bits per heavy atom. The van der Waals surface area contributed by atoms with Crippen LogP contribution in [-0.4, -0.2) is 36.6 Å². The molecule has 3 heterocycles. The fourth-order valence-corrected chi connectivity index (χ4v) is 2.07. The molecule has 0 aliphatic rings. The first-order valence-corrected chi connectivity index (χ1v) is 7.45. The van der Waals surface area contributed by atoms with E-state index in [1.807, 2.05) is 0 Å². The molecule has 0 N–H and O–H groups in total. The molecule has 0 bridgehead atoms. The topological polar surface area (TPSA) is 65.2 Å². The summed E-state index contributed by atoms with van der Waals surface area (Å²) < 4.78 is 84.6. The van der Waals surface area contributed by atoms with Gasteiger partial charge in [-0.15, -0.1) is 10.2 Å². The number of pyridine rings is 1. The van der Waals surface area contributed by atoms with E-state index < -0.39 is 35.7 Å². The zero-order chi connectivity index (χ0) is 20.0. The second-order valence-electron chi connectivity index (χ2n) is 5.75. The predicted octanol–water partition coefficient (Wildman–Crippen LogP) is 3.77. The van der Waals surface area contributed by atoms with Gasteiger partial charge in [0.2, 0.25) is 5.82 Å². The molecule has 0 amide bonds. The zero-order valence-electron chi connectivity index (χ0n) is 13.8. The van der Waals surface area contributed by atoms with Crippen LogP contribution >= 0.6 is 0 Å². The van der Waals surface area contributed by atoms with Crippen LogP contribution in [0, 0.1) is 5.82 Å². The third-order valence-electron chi connectivity index (χ3n) is 3.65. The van der Waals surface area contributed by atoms with Crippen LogP contribution in [0.25, 0.3) is 16.9 Å². The Balaban J connectivity index is 1.96. The van der Waals surface area contributed by atoms with Gasteiger partial charge in [0.15, 0.2) is 17.6 Å². The van der Waals surface area contributed by atoms with Gasteiger partial charge in [0, 0.05) is 24.9 Å². The monoisotopic (exact) mass is 391 g/mol. The lowest BCUT2D eigenvalue weighted by Gasteiger charge is -2.20. The first-order valence-electron chi connectivity index (χ1n) is 7.45. The maximum absolute atomic E-state index is 14.1. The summed E-state index contributed by atoms with van der Waals surface area (Å²) in [5, 5.41) is 6.41. The number of aromatic nitrogens is 5. The summed E-state index contributed by atoms with van der Waals surface area (Å²) in [6.45, 7) is 1.66. The number of hydrogen-bond acceptors (Lipinski definition) is 5. The lowest BCUT2D eigenvalue weighted by atomic mass is 10.2. The molecule has 3 aromatic heterocycles. The highest BCUT2D eigenvalue weighted by molar-refractivity contribution is 5.59. The molecule has 6 nitrogen and oxygen atoms in total. The van der Waals surface area contributed by atoms with Crippen molar-refractivity contribution in [2.45, 2.75) is 32.1 Å². The number of fused-ring (bicyclic) bond motifs is 1. The van der Waals surface area contributed by atoms with Crippen molar-refractivity contribution >= 4 is 5.65 Å². The van der Waals surface area contributed by atoms with Gasteiger partial charge in [-0.05, 0) is 13.0 Å². The van der Waals surface area contributed by atoms with E-state index in [1.165, 1.54) is 0 Å². The van der Waals surface area contributed by atoms with Crippen LogP contribution in [-0.2, 0) is 6.18 Å². The highest BCUT2D eigenvalue weighted by atomic mass is 19.4. The molecule has 0 aliphatic heterocycles. The summed E-state index contributed by atoms with van der Waals surface area (Å²) in [6.07, 6.45) is -3.34. The summed E-state index contributed by atoms with van der Waals surface area (Å²) in [4.78, 5) is 7.50. The summed E-state index contributed by atoms with van der Waals surface area (Å²) in [6, 6.07) is 0.870. The smallest absolute Gasteiger partial charge is 0.452 e. The van der Waals surface area contributed by atoms with Gasteiger partial charge in [0.05, 0.1) is 11.9 Å². The first-order chi connectivity index (χ1) is 12.5. The third kappa shape index (κ3) is 3.78. The molecule has 27 heavy (non-hydrogen) atoms. The van der Waals surface area contributed by atoms with Crippen molar-refractivity contribution in [2.24, 2.45) is 0 Å². The van der Waals surface area contributed by atoms with Gasteiger partial charge in [-0.3, -0.25) is 9.38 Å². The number of alkyl halides is 5. The quantitative estimate of drug-likeness (QED) is 0.634. The van der Waals surface area contributed by atoms with Crippen molar-refractivity contribution < 1.29 is 31.1 Å². The van der Waals surface area contributed by atoms with Gasteiger partial charge in [-0.1, -0.05) is 0 Å². The van der Waals surface area contributed by atoms with E-state index >= 15 is 0 Å². The zero-order valence-corrected chi connectivity index (χ0v) is 13.8. The van der Waals surface area contributed by atoms with Crippen molar-refractivity contribution in [3.05, 3.63) is 36.3 Å². The summed E-state index contributed by atoms with van der Waals surface area (Å²) in [5.41, 5.74) is -0.197. The summed E-state index contributed by atoms with van der Waals surface area (Å²) in [7, 11) is 0. The van der Waals surface area contributed by atoms with Crippen molar-refractivity contribution in [3.63, 3.8) is 0 Å². The number of halogens is 6. The lowest BCUT2D eigenvalue weighted by Crippen LogP contribution is -2.33. The first kappa shape index (κ1) is 18.9. The van der Waals surface area contributed by atoms with E-state index in [2.05, 4.69) is 20.2 Å². The van der Waals surface area contributed by atoms with Gasteiger partial charge < -0.3 is 4.74 Å². The molecule has 0 aliphatic carbocycles. The van der Waals surface area contributed by atoms with E-state index in [0.29, 0.717) is 11.3 Å². The molecule has 0 fully saturated rings. The fraction of sp³-hybridized carbons (Fsp3) is 0.333. The van der Waals surface area contributed by atoms with Crippen molar-refractivity contribution in [3.8, 4) is 17.1 Å². The van der Waals surface area contributed by atoms with Crippen LogP contribution in [0.15, 0.2) is 24.7 Å². The van der Waals surface area contributed by atoms with E-state index in [1.54, 1.807) is 0 Å². The minimum Gasteiger partial charge on any atom is -0.466 e. The SMILES string of the molecule is CC(Oc1ncc(-c2cn3c(C(F)(F)F)nnc3cn2)cc1F)C(C)(F)F. The van der Waals surface area contributed by atoms with E-state index in [0.717, 1.165) is 31.6 Å². The summed E-state index contributed by atoms with van der Waals surface area (Å²) >= 11 is 0. The van der Waals surface area contributed by atoms with Crippen LogP contribution in [0.4, 0.5) is 26.3 Å². The highest BCUT2D eigenvalue weighted by Crippen LogP contribution is 2.30. The average molecular weight is 391 g/mol. The minimum absolute atomic E-state index is 0.0134. The lowest BCUT2D eigenvalue weighted by molar-refractivity contribution is -0.145. The van der Waals surface area contributed by atoms with Crippen molar-refractivity contribution in [2.75, 3.05) is 0 Å². The molecular weight excluding hydrogens is 380 g/mol. The third-order valence-corrected chi connectivity index (χ3v) is 3.65. The molecule has 144 valence electrons. The predicted molar refractivity (Wildman–Crippen MR) is 79.7 cm³/mol. The number of hydrogen-bond donors (Lipinski definition) is 0. The Labute approximate surface area is 147 Å². The molecular formula is C15H11F6N5O. The molecule has 0 saturated heterocycles. The Kier molecular flexibility index (Phi) is 4.44. The van der Waals surface area contributed by atoms with E-state index in [-0.39, 0.29) is 16.9 Å². The van der Waals surface area contributed by atoms with Crippen LogP contribution in [0.2, 0.25) is 0 Å². The normalized spacial score (nSPS) is 13.8. The molecule has 1 unspecified atom stereocenters. The second-order valence-corrected chi connectivity index (χ2v) is 5.75. The second kappa shape index (κ2) is 6.35. The molecule has 12 heteroatoms. The Bertz CT molecular complexity index is 981. The van der Waals surface area contributed by atoms with Gasteiger partial charge in [-0.25, -0.2) is 18.2 Å². The maximum atomic E-state index is 14.1. The Morgan fingerprint density at radius 2 is 1.78 bits per heavy atom. The molecule has 0 saturated carbocycles. The highest BCUT2D eigenvalue weighted by Gasteiger charge is 2.37. The van der Waals surface area contributed by atoms with Crippen LogP contribution in [0.1, 0.15) is 19.7 Å². The van der Waals surface area contributed by atoms with Gasteiger partial charge in [-0.2, -0.15) is 13.2 Å². The number of rotatable bonds is 4. The van der Waals surface area contributed by atoms with E-state index in [9.17, 15) is 26.3 Å². The van der Waals surface area contributed by atoms with Gasteiger partial charge >= 0.3 is 6.18 Å². The van der Waals surface area contributed by atoms with Gasteiger partial charge in [0.1, 0.15) is 0 Å². The molecule has 0 spiro atoms. The number of ether oxygens (including phenoxy) is 1. The number of nitrogens with zero attached hydrogens (tertiary/aromatic N) is 5. The maximum Gasteiger partial charge on any atom is 0.452 e. The van der Waals surface area contributed by atoms with Crippen molar-refractivity contribution in [1.82, 2.24) is 24.6 Å². The Hall–Kier alpha value is -2.92. The van der Waals surface area contributed by atoms with Crippen LogP contribution < -0.4 is 4.74 Å². The van der Waals surface area contributed by atoms with E-state index in [4.69, 9.17) is 4.74 Å². The standard InChI is InChI=1S/C15H11F6N5O/c1-7(14(2,17)18)27-12-9(16)3-8(4-23-12)10-6-26-11(5-22-10)24-25-13(26)15(19,20)21/h3-7H,1-2H3. The molecule has 3 aromatic rings. The van der Waals surface area contributed by atoms with Crippen molar-refractivity contribution in [1.29, 1.82) is 0 Å². The average Bonchev–Trinajstić information content (AvgIpc) is 2.99. The molecule has 1 atom stereocenters. The molecule has 3 rings (SSSR count). The fourth-order valence-electron chi connectivity index (χ4n) is 2.07. The minimum atomic E-state index is -4.75. The molecule has 0 aromatic carbocycles.